The summed E-state index contributed by atoms with van der Waals surface area (Å²) in [5.41, 5.74) is 5.22. The van der Waals surface area contributed by atoms with Crippen LogP contribution in [0, 0.1) is 44.8 Å². The van der Waals surface area contributed by atoms with Gasteiger partial charge in [0.15, 0.2) is 0 Å². The molecule has 0 aromatic heterocycles. The summed E-state index contributed by atoms with van der Waals surface area (Å²) in [6.07, 6.45) is 10.9. The Hall–Kier alpha value is -1.05. The summed E-state index contributed by atoms with van der Waals surface area (Å²) in [6, 6.07) is 0. The summed E-state index contributed by atoms with van der Waals surface area (Å²) in [5.74, 6) is 1.65. The summed E-state index contributed by atoms with van der Waals surface area (Å²) in [4.78, 5) is 13.9. The molecule has 0 aromatic rings. The van der Waals surface area contributed by atoms with E-state index in [0.717, 1.165) is 12.8 Å². The standard InChI is InChI=1S/C29H42O2/c1-17(2)18-8-9-19-21-16-29(24(30)31-21)20(23(18)19)10-11-22-26(5)13-12-25(3,4)28(26,7)15-14-27(22,29)6/h18,20-22H,1,8-16H2,2-7H3/t18-,20+,21+,22-,26+,27+,28-,29+/m0/s1. The van der Waals surface area contributed by atoms with Crippen LogP contribution in [-0.2, 0) is 9.53 Å². The second kappa shape index (κ2) is 5.71. The van der Waals surface area contributed by atoms with Crippen molar-refractivity contribution in [3.05, 3.63) is 23.3 Å². The van der Waals surface area contributed by atoms with Crippen molar-refractivity contribution < 1.29 is 9.53 Å². The Bertz CT molecular complexity index is 925. The fraction of sp³-hybridized carbons (Fsp3) is 0.828. The molecule has 2 nitrogen and oxygen atoms in total. The number of fused-ring (bicyclic) bond motifs is 6. The first-order valence-electron chi connectivity index (χ1n) is 13.0. The molecule has 6 rings (SSSR count). The fourth-order valence-electron chi connectivity index (χ4n) is 10.8. The van der Waals surface area contributed by atoms with Gasteiger partial charge in [-0.05, 0) is 97.4 Å². The molecule has 4 fully saturated rings. The molecule has 31 heavy (non-hydrogen) atoms. The van der Waals surface area contributed by atoms with Crippen LogP contribution in [0.4, 0.5) is 0 Å². The van der Waals surface area contributed by atoms with E-state index in [4.69, 9.17) is 4.74 Å². The number of allylic oxidation sites excluding steroid dienone is 2. The third-order valence-corrected chi connectivity index (χ3v) is 13.0. The van der Waals surface area contributed by atoms with Gasteiger partial charge in [0.25, 0.3) is 0 Å². The van der Waals surface area contributed by atoms with Crippen LogP contribution < -0.4 is 0 Å². The predicted molar refractivity (Wildman–Crippen MR) is 124 cm³/mol. The zero-order valence-electron chi connectivity index (χ0n) is 20.7. The Labute approximate surface area is 189 Å². The van der Waals surface area contributed by atoms with E-state index < -0.39 is 0 Å². The van der Waals surface area contributed by atoms with Gasteiger partial charge in [0.05, 0.1) is 5.41 Å². The Morgan fingerprint density at radius 1 is 0.968 bits per heavy atom. The maximum atomic E-state index is 13.9. The average molecular weight is 423 g/mol. The monoisotopic (exact) mass is 422 g/mol. The van der Waals surface area contributed by atoms with E-state index in [1.165, 1.54) is 56.1 Å². The van der Waals surface area contributed by atoms with Crippen LogP contribution in [0.25, 0.3) is 0 Å². The first-order valence-corrected chi connectivity index (χ1v) is 13.0. The highest BCUT2D eigenvalue weighted by Gasteiger charge is 2.77. The smallest absolute Gasteiger partial charge is 0.314 e. The van der Waals surface area contributed by atoms with Gasteiger partial charge in [-0.3, -0.25) is 4.79 Å². The molecule has 0 unspecified atom stereocenters. The molecule has 0 radical (unpaired) electrons. The molecule has 2 bridgehead atoms. The lowest BCUT2D eigenvalue weighted by molar-refractivity contribution is -0.210. The molecule has 1 heterocycles. The van der Waals surface area contributed by atoms with Crippen molar-refractivity contribution in [2.75, 3.05) is 0 Å². The van der Waals surface area contributed by atoms with E-state index in [1.807, 2.05) is 0 Å². The molecule has 2 heteroatoms. The Kier molecular flexibility index (Phi) is 3.78. The van der Waals surface area contributed by atoms with Gasteiger partial charge >= 0.3 is 5.97 Å². The fourth-order valence-corrected chi connectivity index (χ4v) is 10.8. The number of carbonyl (C=O) groups excluding carboxylic acids is 1. The number of ether oxygens (including phenoxy) is 1. The van der Waals surface area contributed by atoms with Crippen LogP contribution in [0.2, 0.25) is 0 Å². The molecule has 1 saturated heterocycles. The molecule has 0 amide bonds. The second-order valence-electron chi connectivity index (χ2n) is 13.7. The van der Waals surface area contributed by atoms with Crippen LogP contribution in [0.1, 0.15) is 99.3 Å². The summed E-state index contributed by atoms with van der Waals surface area (Å²) < 4.78 is 6.29. The average Bonchev–Trinajstić information content (AvgIpc) is 3.32. The maximum absolute atomic E-state index is 13.9. The Morgan fingerprint density at radius 2 is 1.68 bits per heavy atom. The van der Waals surface area contributed by atoms with E-state index in [0.29, 0.717) is 34.0 Å². The second-order valence-corrected chi connectivity index (χ2v) is 13.7. The predicted octanol–water partition coefficient (Wildman–Crippen LogP) is 7.24. The van der Waals surface area contributed by atoms with Crippen molar-refractivity contribution in [1.29, 1.82) is 0 Å². The SMILES string of the molecule is C=C(C)[C@@H]1CCC2=C1[C@H]1CC[C@@H]3[C@@](C)(CC[C@@]4(C)C(C)(C)CC[C@]34C)[C@]13C[C@H]2OC3=O. The Balaban J connectivity index is 1.51. The summed E-state index contributed by atoms with van der Waals surface area (Å²) in [5, 5.41) is 0. The molecule has 3 saturated carbocycles. The van der Waals surface area contributed by atoms with Gasteiger partial charge in [-0.25, -0.2) is 0 Å². The van der Waals surface area contributed by atoms with Gasteiger partial charge in [-0.15, -0.1) is 0 Å². The van der Waals surface area contributed by atoms with Crippen molar-refractivity contribution in [2.45, 2.75) is 105 Å². The number of hydrogen-bond acceptors (Lipinski definition) is 2. The van der Waals surface area contributed by atoms with Crippen LogP contribution in [-0.4, -0.2) is 12.1 Å². The van der Waals surface area contributed by atoms with E-state index in [9.17, 15) is 4.79 Å². The lowest BCUT2D eigenvalue weighted by atomic mass is 9.34. The quantitative estimate of drug-likeness (QED) is 0.329. The third-order valence-electron chi connectivity index (χ3n) is 13.0. The number of carbonyl (C=O) groups is 1. The van der Waals surface area contributed by atoms with Crippen molar-refractivity contribution in [3.8, 4) is 0 Å². The van der Waals surface area contributed by atoms with Gasteiger partial charge < -0.3 is 4.74 Å². The Morgan fingerprint density at radius 3 is 2.39 bits per heavy atom. The molecular formula is C29H42O2. The highest BCUT2D eigenvalue weighted by Crippen LogP contribution is 2.80. The summed E-state index contributed by atoms with van der Waals surface area (Å²) in [7, 11) is 0. The maximum Gasteiger partial charge on any atom is 0.314 e. The van der Waals surface area contributed by atoms with E-state index in [1.54, 1.807) is 5.57 Å². The molecule has 170 valence electrons. The first-order chi connectivity index (χ1) is 14.4. The first kappa shape index (κ1) is 20.5. The molecule has 1 aliphatic heterocycles. The summed E-state index contributed by atoms with van der Waals surface area (Å²) in [6.45, 7) is 19.3. The normalized spacial score (nSPS) is 54.1. The molecule has 1 spiro atoms. The summed E-state index contributed by atoms with van der Waals surface area (Å²) >= 11 is 0. The minimum Gasteiger partial charge on any atom is -0.457 e. The minimum atomic E-state index is -0.297. The van der Waals surface area contributed by atoms with E-state index >= 15 is 0 Å². The molecule has 0 N–H and O–H groups in total. The largest absolute Gasteiger partial charge is 0.457 e. The van der Waals surface area contributed by atoms with Crippen LogP contribution in [0.5, 0.6) is 0 Å². The molecule has 5 aliphatic carbocycles. The molecule has 0 aromatic carbocycles. The van der Waals surface area contributed by atoms with Crippen molar-refractivity contribution in [2.24, 2.45) is 44.8 Å². The van der Waals surface area contributed by atoms with Gasteiger partial charge in [0.2, 0.25) is 0 Å². The number of rotatable bonds is 1. The van der Waals surface area contributed by atoms with Crippen molar-refractivity contribution in [1.82, 2.24) is 0 Å². The van der Waals surface area contributed by atoms with E-state index in [-0.39, 0.29) is 22.9 Å². The number of hydrogen-bond donors (Lipinski definition) is 0. The van der Waals surface area contributed by atoms with Crippen molar-refractivity contribution in [3.63, 3.8) is 0 Å². The van der Waals surface area contributed by atoms with E-state index in [2.05, 4.69) is 48.1 Å². The number of esters is 1. The molecule has 8 atom stereocenters. The minimum absolute atomic E-state index is 0.0528. The molecule has 6 aliphatic rings. The zero-order chi connectivity index (χ0) is 22.2. The van der Waals surface area contributed by atoms with Gasteiger partial charge in [0, 0.05) is 12.3 Å². The zero-order valence-corrected chi connectivity index (χ0v) is 20.7. The highest BCUT2D eigenvalue weighted by molar-refractivity contribution is 5.83. The van der Waals surface area contributed by atoms with Gasteiger partial charge in [0.1, 0.15) is 6.10 Å². The van der Waals surface area contributed by atoms with Crippen molar-refractivity contribution >= 4 is 5.97 Å². The van der Waals surface area contributed by atoms with Gasteiger partial charge in [-0.1, -0.05) is 52.3 Å². The van der Waals surface area contributed by atoms with Gasteiger partial charge in [-0.2, -0.15) is 0 Å². The lowest BCUT2D eigenvalue weighted by Gasteiger charge is -2.69. The third kappa shape index (κ3) is 1.98. The van der Waals surface area contributed by atoms with Crippen LogP contribution >= 0.6 is 0 Å². The topological polar surface area (TPSA) is 26.3 Å². The lowest BCUT2D eigenvalue weighted by Crippen LogP contribution is -2.65. The van der Waals surface area contributed by atoms with Crippen LogP contribution in [0.3, 0.4) is 0 Å². The molecular weight excluding hydrogens is 380 g/mol. The van der Waals surface area contributed by atoms with Crippen LogP contribution in [0.15, 0.2) is 23.3 Å². The highest BCUT2D eigenvalue weighted by atomic mass is 16.6.